The van der Waals surface area contributed by atoms with Crippen molar-refractivity contribution in [2.45, 2.75) is 45.2 Å². The molecule has 1 unspecified atom stereocenters. The molecule has 2 rings (SSSR count). The molecule has 3 nitrogen and oxygen atoms in total. The number of nitrogens with zero attached hydrogens (tertiary/aromatic N) is 1. The van der Waals surface area contributed by atoms with Gasteiger partial charge in [-0.25, -0.2) is 0 Å². The van der Waals surface area contributed by atoms with Crippen LogP contribution in [0.3, 0.4) is 0 Å². The van der Waals surface area contributed by atoms with E-state index in [2.05, 4.69) is 36.9 Å². The van der Waals surface area contributed by atoms with E-state index >= 15 is 0 Å². The molecule has 0 bridgehead atoms. The van der Waals surface area contributed by atoms with Crippen molar-refractivity contribution >= 4 is 0 Å². The molecule has 0 radical (unpaired) electrons. The van der Waals surface area contributed by atoms with E-state index < -0.39 is 0 Å². The Kier molecular flexibility index (Phi) is 4.83. The molecule has 1 aromatic rings. The summed E-state index contributed by atoms with van der Waals surface area (Å²) in [6.45, 7) is 6.15. The van der Waals surface area contributed by atoms with Crippen molar-refractivity contribution in [1.82, 2.24) is 4.90 Å². The lowest BCUT2D eigenvalue weighted by Crippen LogP contribution is -2.36. The standard InChI is InChI=1S/C16H26N2O/c1-4-9-18(14-6-7-14)15(11-17)13-5-8-16(19-3)12(2)10-13/h5,8,10,14-15H,4,6-7,9,11,17H2,1-3H3. The van der Waals surface area contributed by atoms with Gasteiger partial charge in [-0.05, 0) is 49.9 Å². The Hall–Kier alpha value is -1.06. The van der Waals surface area contributed by atoms with Crippen LogP contribution >= 0.6 is 0 Å². The number of benzene rings is 1. The van der Waals surface area contributed by atoms with Gasteiger partial charge in [-0.2, -0.15) is 0 Å². The maximum Gasteiger partial charge on any atom is 0.121 e. The van der Waals surface area contributed by atoms with Gasteiger partial charge in [-0.15, -0.1) is 0 Å². The van der Waals surface area contributed by atoms with Crippen LogP contribution in [0.2, 0.25) is 0 Å². The summed E-state index contributed by atoms with van der Waals surface area (Å²) in [5.74, 6) is 0.952. The highest BCUT2D eigenvalue weighted by molar-refractivity contribution is 5.37. The van der Waals surface area contributed by atoms with Crippen LogP contribution in [0.25, 0.3) is 0 Å². The molecule has 3 heteroatoms. The molecule has 0 saturated heterocycles. The van der Waals surface area contributed by atoms with Crippen molar-refractivity contribution in [3.63, 3.8) is 0 Å². The summed E-state index contributed by atoms with van der Waals surface area (Å²) in [5.41, 5.74) is 8.56. The Morgan fingerprint density at radius 1 is 1.42 bits per heavy atom. The molecule has 0 heterocycles. The zero-order valence-corrected chi connectivity index (χ0v) is 12.4. The van der Waals surface area contributed by atoms with Gasteiger partial charge in [-0.1, -0.05) is 19.1 Å². The molecule has 0 aromatic heterocycles. The molecule has 1 atom stereocenters. The van der Waals surface area contributed by atoms with Gasteiger partial charge in [0.25, 0.3) is 0 Å². The molecule has 19 heavy (non-hydrogen) atoms. The fourth-order valence-electron chi connectivity index (χ4n) is 2.83. The zero-order chi connectivity index (χ0) is 13.8. The van der Waals surface area contributed by atoms with Gasteiger partial charge < -0.3 is 10.5 Å². The molecule has 2 N–H and O–H groups in total. The third-order valence-electron chi connectivity index (χ3n) is 3.92. The quantitative estimate of drug-likeness (QED) is 0.821. The molecule has 1 aliphatic carbocycles. The molecule has 1 aromatic carbocycles. The van der Waals surface area contributed by atoms with Crippen molar-refractivity contribution in [2.24, 2.45) is 5.73 Å². The van der Waals surface area contributed by atoms with Crippen LogP contribution < -0.4 is 10.5 Å². The third-order valence-corrected chi connectivity index (χ3v) is 3.92. The zero-order valence-electron chi connectivity index (χ0n) is 12.4. The summed E-state index contributed by atoms with van der Waals surface area (Å²) in [6.07, 6.45) is 3.83. The van der Waals surface area contributed by atoms with Gasteiger partial charge in [0.1, 0.15) is 5.75 Å². The summed E-state index contributed by atoms with van der Waals surface area (Å²) < 4.78 is 5.34. The normalized spacial score (nSPS) is 16.7. The van der Waals surface area contributed by atoms with Gasteiger partial charge in [0.15, 0.2) is 0 Å². The second-order valence-corrected chi connectivity index (χ2v) is 5.45. The fourth-order valence-corrected chi connectivity index (χ4v) is 2.83. The average Bonchev–Trinajstić information content (AvgIpc) is 3.23. The lowest BCUT2D eigenvalue weighted by Gasteiger charge is -2.31. The Morgan fingerprint density at radius 3 is 2.63 bits per heavy atom. The number of hydrogen-bond acceptors (Lipinski definition) is 3. The monoisotopic (exact) mass is 262 g/mol. The van der Waals surface area contributed by atoms with Crippen molar-refractivity contribution in [3.05, 3.63) is 29.3 Å². The topological polar surface area (TPSA) is 38.5 Å². The molecule has 1 fully saturated rings. The van der Waals surface area contributed by atoms with Gasteiger partial charge in [0, 0.05) is 18.6 Å². The number of ether oxygens (including phenoxy) is 1. The van der Waals surface area contributed by atoms with E-state index in [9.17, 15) is 0 Å². The minimum Gasteiger partial charge on any atom is -0.496 e. The number of methoxy groups -OCH3 is 1. The summed E-state index contributed by atoms with van der Waals surface area (Å²) in [5, 5.41) is 0. The van der Waals surface area contributed by atoms with Crippen LogP contribution in [-0.2, 0) is 0 Å². The van der Waals surface area contributed by atoms with E-state index in [0.29, 0.717) is 12.6 Å². The number of nitrogens with two attached hydrogens (primary N) is 1. The first-order valence-electron chi connectivity index (χ1n) is 7.31. The minimum absolute atomic E-state index is 0.344. The maximum absolute atomic E-state index is 6.05. The molecular formula is C16H26N2O. The largest absolute Gasteiger partial charge is 0.496 e. The first-order chi connectivity index (χ1) is 9.21. The molecule has 1 aliphatic rings. The molecule has 1 saturated carbocycles. The minimum atomic E-state index is 0.344. The highest BCUT2D eigenvalue weighted by atomic mass is 16.5. The summed E-state index contributed by atoms with van der Waals surface area (Å²) >= 11 is 0. The second-order valence-electron chi connectivity index (χ2n) is 5.45. The first kappa shape index (κ1) is 14.4. The van der Waals surface area contributed by atoms with Crippen LogP contribution in [0, 0.1) is 6.92 Å². The van der Waals surface area contributed by atoms with Crippen LogP contribution in [0.4, 0.5) is 0 Å². The highest BCUT2D eigenvalue weighted by Gasteiger charge is 2.33. The lowest BCUT2D eigenvalue weighted by molar-refractivity contribution is 0.191. The number of rotatable bonds is 7. The highest BCUT2D eigenvalue weighted by Crippen LogP contribution is 2.35. The van der Waals surface area contributed by atoms with Crippen molar-refractivity contribution in [3.8, 4) is 5.75 Å². The van der Waals surface area contributed by atoms with Crippen LogP contribution in [-0.4, -0.2) is 31.1 Å². The van der Waals surface area contributed by atoms with Crippen LogP contribution in [0.5, 0.6) is 5.75 Å². The van der Waals surface area contributed by atoms with Crippen LogP contribution in [0.1, 0.15) is 43.4 Å². The van der Waals surface area contributed by atoms with Crippen molar-refractivity contribution < 1.29 is 4.74 Å². The van der Waals surface area contributed by atoms with E-state index in [0.717, 1.165) is 18.3 Å². The maximum atomic E-state index is 6.05. The van der Waals surface area contributed by atoms with Crippen molar-refractivity contribution in [2.75, 3.05) is 20.2 Å². The fraction of sp³-hybridized carbons (Fsp3) is 0.625. The Balaban J connectivity index is 2.22. The second kappa shape index (κ2) is 6.40. The van der Waals surface area contributed by atoms with E-state index in [1.165, 1.54) is 30.4 Å². The number of aryl methyl sites for hydroxylation is 1. The molecule has 0 aliphatic heterocycles. The summed E-state index contributed by atoms with van der Waals surface area (Å²) in [6, 6.07) is 7.54. The molecule has 0 amide bonds. The average molecular weight is 262 g/mol. The molecule has 0 spiro atoms. The summed E-state index contributed by atoms with van der Waals surface area (Å²) in [7, 11) is 1.72. The SMILES string of the molecule is CCCN(C1CC1)C(CN)c1ccc(OC)c(C)c1. The van der Waals surface area contributed by atoms with Gasteiger partial charge in [-0.3, -0.25) is 4.90 Å². The van der Waals surface area contributed by atoms with Gasteiger partial charge in [0.2, 0.25) is 0 Å². The van der Waals surface area contributed by atoms with Crippen LogP contribution in [0.15, 0.2) is 18.2 Å². The molecular weight excluding hydrogens is 236 g/mol. The van der Waals surface area contributed by atoms with E-state index in [1.807, 2.05) is 0 Å². The Bertz CT molecular complexity index is 415. The predicted molar refractivity (Wildman–Crippen MR) is 79.5 cm³/mol. The Morgan fingerprint density at radius 2 is 2.16 bits per heavy atom. The predicted octanol–water partition coefficient (Wildman–Crippen LogP) is 2.88. The van der Waals surface area contributed by atoms with E-state index in [-0.39, 0.29) is 0 Å². The van der Waals surface area contributed by atoms with Gasteiger partial charge in [0.05, 0.1) is 7.11 Å². The first-order valence-corrected chi connectivity index (χ1v) is 7.31. The Labute approximate surface area is 116 Å². The third kappa shape index (κ3) is 3.28. The smallest absolute Gasteiger partial charge is 0.121 e. The van der Waals surface area contributed by atoms with Crippen molar-refractivity contribution in [1.29, 1.82) is 0 Å². The number of hydrogen-bond donors (Lipinski definition) is 1. The van der Waals surface area contributed by atoms with E-state index in [4.69, 9.17) is 10.5 Å². The van der Waals surface area contributed by atoms with Gasteiger partial charge >= 0.3 is 0 Å². The lowest BCUT2D eigenvalue weighted by atomic mass is 10.0. The van der Waals surface area contributed by atoms with E-state index in [1.54, 1.807) is 7.11 Å². The molecule has 106 valence electrons. The summed E-state index contributed by atoms with van der Waals surface area (Å²) in [4.78, 5) is 2.58.